The Morgan fingerprint density at radius 2 is 1.41 bits per heavy atom. The fourth-order valence-corrected chi connectivity index (χ4v) is 2.69. The molecule has 4 nitrogen and oxygen atoms in total. The van der Waals surface area contributed by atoms with Crippen molar-refractivity contribution < 1.29 is 14.0 Å². The Hall–Kier alpha value is -3.18. The summed E-state index contributed by atoms with van der Waals surface area (Å²) in [5.74, 6) is -1.22. The molecule has 3 aromatic carbocycles. The summed E-state index contributed by atoms with van der Waals surface area (Å²) in [4.78, 5) is 24.7. The van der Waals surface area contributed by atoms with Crippen LogP contribution in [0, 0.1) is 12.7 Å². The first-order valence-corrected chi connectivity index (χ1v) is 8.54. The SMILES string of the molecule is Cc1cccc(C(=O)Nc2cccc(C(=O)Nc3ccc(F)c(Cl)c3)c2)c1. The van der Waals surface area contributed by atoms with E-state index in [4.69, 9.17) is 11.6 Å². The zero-order chi connectivity index (χ0) is 19.4. The van der Waals surface area contributed by atoms with Gasteiger partial charge in [-0.15, -0.1) is 0 Å². The smallest absolute Gasteiger partial charge is 0.255 e. The number of carbonyl (C=O) groups excluding carboxylic acids is 2. The molecule has 0 unspecified atom stereocenters. The minimum atomic E-state index is -0.560. The number of amides is 2. The lowest BCUT2D eigenvalue weighted by Gasteiger charge is -2.09. The molecular weight excluding hydrogens is 367 g/mol. The molecule has 0 spiro atoms. The van der Waals surface area contributed by atoms with Gasteiger partial charge in [-0.1, -0.05) is 35.4 Å². The van der Waals surface area contributed by atoms with E-state index in [1.807, 2.05) is 19.1 Å². The predicted molar refractivity (Wildman–Crippen MR) is 105 cm³/mol. The monoisotopic (exact) mass is 382 g/mol. The summed E-state index contributed by atoms with van der Waals surface area (Å²) >= 11 is 5.72. The topological polar surface area (TPSA) is 58.2 Å². The number of hydrogen-bond donors (Lipinski definition) is 2. The van der Waals surface area contributed by atoms with Crippen LogP contribution >= 0.6 is 11.6 Å². The van der Waals surface area contributed by atoms with Crippen molar-refractivity contribution in [3.63, 3.8) is 0 Å². The lowest BCUT2D eigenvalue weighted by molar-refractivity contribution is 0.101. The van der Waals surface area contributed by atoms with Gasteiger partial charge in [0.05, 0.1) is 5.02 Å². The average molecular weight is 383 g/mol. The Bertz CT molecular complexity index is 1020. The zero-order valence-electron chi connectivity index (χ0n) is 14.4. The Morgan fingerprint density at radius 3 is 2.04 bits per heavy atom. The maximum atomic E-state index is 13.2. The third kappa shape index (κ3) is 4.71. The molecular formula is C21H16ClFN2O2. The number of benzene rings is 3. The van der Waals surface area contributed by atoms with Gasteiger partial charge in [0.25, 0.3) is 11.8 Å². The van der Waals surface area contributed by atoms with Crippen LogP contribution < -0.4 is 10.6 Å². The Balaban J connectivity index is 1.73. The van der Waals surface area contributed by atoms with E-state index in [0.29, 0.717) is 22.5 Å². The van der Waals surface area contributed by atoms with Crippen molar-refractivity contribution in [2.45, 2.75) is 6.92 Å². The molecule has 0 aliphatic carbocycles. The minimum absolute atomic E-state index is 0.0769. The lowest BCUT2D eigenvalue weighted by Crippen LogP contribution is -2.14. The van der Waals surface area contributed by atoms with Crippen molar-refractivity contribution >= 4 is 34.8 Å². The Labute approximate surface area is 161 Å². The second-order valence-electron chi connectivity index (χ2n) is 5.99. The molecule has 0 saturated carbocycles. The summed E-state index contributed by atoms with van der Waals surface area (Å²) < 4.78 is 13.2. The van der Waals surface area contributed by atoms with Crippen LogP contribution in [0.2, 0.25) is 5.02 Å². The van der Waals surface area contributed by atoms with Crippen LogP contribution in [-0.2, 0) is 0 Å². The maximum Gasteiger partial charge on any atom is 0.255 e. The van der Waals surface area contributed by atoms with Gasteiger partial charge in [0.1, 0.15) is 5.82 Å². The van der Waals surface area contributed by atoms with Crippen LogP contribution in [0.25, 0.3) is 0 Å². The van der Waals surface area contributed by atoms with Gasteiger partial charge in [-0.25, -0.2) is 4.39 Å². The van der Waals surface area contributed by atoms with Crippen LogP contribution in [0.1, 0.15) is 26.3 Å². The van der Waals surface area contributed by atoms with Crippen LogP contribution in [0.5, 0.6) is 0 Å². The van der Waals surface area contributed by atoms with Gasteiger partial charge < -0.3 is 10.6 Å². The van der Waals surface area contributed by atoms with E-state index in [-0.39, 0.29) is 10.9 Å². The zero-order valence-corrected chi connectivity index (χ0v) is 15.2. The fraction of sp³-hybridized carbons (Fsp3) is 0.0476. The highest BCUT2D eigenvalue weighted by molar-refractivity contribution is 6.31. The number of nitrogens with one attached hydrogen (secondary N) is 2. The van der Waals surface area contributed by atoms with Crippen molar-refractivity contribution in [3.8, 4) is 0 Å². The van der Waals surface area contributed by atoms with Crippen molar-refractivity contribution in [1.82, 2.24) is 0 Å². The second kappa shape index (κ2) is 8.01. The number of rotatable bonds is 4. The quantitative estimate of drug-likeness (QED) is 0.644. The molecule has 0 fully saturated rings. The predicted octanol–water partition coefficient (Wildman–Crippen LogP) is 5.29. The molecule has 2 amide bonds. The first-order valence-electron chi connectivity index (χ1n) is 8.17. The van der Waals surface area contributed by atoms with Gasteiger partial charge in [-0.3, -0.25) is 9.59 Å². The molecule has 2 N–H and O–H groups in total. The molecule has 3 aromatic rings. The van der Waals surface area contributed by atoms with Crippen LogP contribution in [0.3, 0.4) is 0 Å². The molecule has 0 aliphatic rings. The molecule has 0 aliphatic heterocycles. The van der Waals surface area contributed by atoms with E-state index in [0.717, 1.165) is 5.56 Å². The van der Waals surface area contributed by atoms with E-state index in [9.17, 15) is 14.0 Å². The van der Waals surface area contributed by atoms with E-state index in [1.165, 1.54) is 18.2 Å². The molecule has 0 atom stereocenters. The van der Waals surface area contributed by atoms with Gasteiger partial charge in [-0.05, 0) is 55.5 Å². The van der Waals surface area contributed by atoms with E-state index < -0.39 is 11.7 Å². The van der Waals surface area contributed by atoms with Gasteiger partial charge in [-0.2, -0.15) is 0 Å². The Kier molecular flexibility index (Phi) is 5.52. The lowest BCUT2D eigenvalue weighted by atomic mass is 10.1. The highest BCUT2D eigenvalue weighted by Gasteiger charge is 2.11. The molecule has 6 heteroatoms. The summed E-state index contributed by atoms with van der Waals surface area (Å²) in [6.45, 7) is 1.91. The van der Waals surface area contributed by atoms with E-state index in [1.54, 1.807) is 36.4 Å². The van der Waals surface area contributed by atoms with Crippen molar-refractivity contribution in [1.29, 1.82) is 0 Å². The normalized spacial score (nSPS) is 10.3. The van der Waals surface area contributed by atoms with Gasteiger partial charge >= 0.3 is 0 Å². The molecule has 136 valence electrons. The number of anilines is 2. The average Bonchev–Trinajstić information content (AvgIpc) is 2.65. The molecule has 0 bridgehead atoms. The fourth-order valence-electron chi connectivity index (χ4n) is 2.50. The first kappa shape index (κ1) is 18.6. The number of aryl methyl sites for hydroxylation is 1. The standard InChI is InChI=1S/C21H16ClFN2O2/c1-13-4-2-5-14(10-13)20(26)24-16-7-3-6-15(11-16)21(27)25-17-8-9-19(23)18(22)12-17/h2-12H,1H3,(H,24,26)(H,25,27). The highest BCUT2D eigenvalue weighted by atomic mass is 35.5. The minimum Gasteiger partial charge on any atom is -0.322 e. The second-order valence-corrected chi connectivity index (χ2v) is 6.39. The molecule has 0 saturated heterocycles. The summed E-state index contributed by atoms with van der Waals surface area (Å²) in [6.07, 6.45) is 0. The molecule has 0 radical (unpaired) electrons. The third-order valence-corrected chi connectivity index (χ3v) is 4.13. The van der Waals surface area contributed by atoms with Crippen molar-refractivity contribution in [2.24, 2.45) is 0 Å². The Morgan fingerprint density at radius 1 is 0.815 bits per heavy atom. The van der Waals surface area contributed by atoms with Crippen molar-refractivity contribution in [2.75, 3.05) is 10.6 Å². The van der Waals surface area contributed by atoms with Gasteiger partial charge in [0, 0.05) is 22.5 Å². The van der Waals surface area contributed by atoms with Crippen LogP contribution in [0.4, 0.5) is 15.8 Å². The van der Waals surface area contributed by atoms with Crippen LogP contribution in [0.15, 0.2) is 66.7 Å². The third-order valence-electron chi connectivity index (χ3n) is 3.84. The first-order chi connectivity index (χ1) is 12.9. The summed E-state index contributed by atoms with van der Waals surface area (Å²) in [7, 11) is 0. The maximum absolute atomic E-state index is 13.2. The summed E-state index contributed by atoms with van der Waals surface area (Å²) in [6, 6.07) is 17.7. The van der Waals surface area contributed by atoms with Gasteiger partial charge in [0.2, 0.25) is 0 Å². The largest absolute Gasteiger partial charge is 0.322 e. The highest BCUT2D eigenvalue weighted by Crippen LogP contribution is 2.20. The van der Waals surface area contributed by atoms with E-state index >= 15 is 0 Å². The van der Waals surface area contributed by atoms with Crippen molar-refractivity contribution in [3.05, 3.63) is 94.3 Å². The summed E-state index contributed by atoms with van der Waals surface area (Å²) in [5, 5.41) is 5.34. The number of hydrogen-bond acceptors (Lipinski definition) is 2. The van der Waals surface area contributed by atoms with Crippen LogP contribution in [-0.4, -0.2) is 11.8 Å². The summed E-state index contributed by atoms with van der Waals surface area (Å²) in [5.41, 5.74) is 2.73. The number of carbonyl (C=O) groups is 2. The molecule has 0 heterocycles. The number of halogens is 2. The molecule has 3 rings (SSSR count). The van der Waals surface area contributed by atoms with Gasteiger partial charge in [0.15, 0.2) is 0 Å². The van der Waals surface area contributed by atoms with E-state index in [2.05, 4.69) is 10.6 Å². The molecule has 0 aromatic heterocycles. The molecule has 27 heavy (non-hydrogen) atoms.